The fourth-order valence-corrected chi connectivity index (χ4v) is 6.90. The molecule has 0 spiro atoms. The summed E-state index contributed by atoms with van der Waals surface area (Å²) < 4.78 is 28.8. The lowest BCUT2D eigenvalue weighted by molar-refractivity contribution is 0.321. The van der Waals surface area contributed by atoms with Gasteiger partial charge in [-0.1, -0.05) is 77.5 Å². The second kappa shape index (κ2) is 7.14. The zero-order valence-electron chi connectivity index (χ0n) is 13.9. The van der Waals surface area contributed by atoms with Crippen LogP contribution in [0, 0.1) is 6.92 Å². The highest BCUT2D eigenvalue weighted by Gasteiger charge is 2.46. The maximum atomic E-state index is 13.4. The Morgan fingerprint density at radius 2 is 1.71 bits per heavy atom. The summed E-state index contributed by atoms with van der Waals surface area (Å²) in [4.78, 5) is 0.387. The highest BCUT2D eigenvalue weighted by atomic mass is 127. The fraction of sp³-hybridized carbons (Fsp3) is 0.368. The molecular formula is C19H22INO2S. The van der Waals surface area contributed by atoms with E-state index >= 15 is 0 Å². The molecular weight excluding hydrogens is 433 g/mol. The zero-order valence-corrected chi connectivity index (χ0v) is 16.9. The quantitative estimate of drug-likeness (QED) is 0.495. The Balaban J connectivity index is 2.08. The Bertz CT molecular complexity index is 790. The van der Waals surface area contributed by atoms with E-state index < -0.39 is 10.0 Å². The van der Waals surface area contributed by atoms with Crippen LogP contribution < -0.4 is 0 Å². The number of hydrogen-bond donors (Lipinski definition) is 0. The predicted octanol–water partition coefficient (Wildman–Crippen LogP) is 4.71. The van der Waals surface area contributed by atoms with Crippen molar-refractivity contribution in [1.29, 1.82) is 0 Å². The average molecular weight is 455 g/mol. The van der Waals surface area contributed by atoms with Crippen molar-refractivity contribution in [3.63, 3.8) is 0 Å². The largest absolute Gasteiger partial charge is 0.243 e. The van der Waals surface area contributed by atoms with Crippen molar-refractivity contribution >= 4 is 32.6 Å². The van der Waals surface area contributed by atoms with E-state index in [0.29, 0.717) is 4.90 Å². The van der Waals surface area contributed by atoms with E-state index in [9.17, 15) is 8.42 Å². The molecule has 0 radical (unpaired) electrons. The van der Waals surface area contributed by atoms with Gasteiger partial charge in [0.25, 0.3) is 0 Å². The maximum Gasteiger partial charge on any atom is 0.243 e. The molecule has 0 aliphatic carbocycles. The van der Waals surface area contributed by atoms with Crippen LogP contribution in [0.3, 0.4) is 0 Å². The van der Waals surface area contributed by atoms with Crippen molar-refractivity contribution in [3.05, 3.63) is 65.7 Å². The first-order valence-electron chi connectivity index (χ1n) is 8.24. The standard InChI is InChI=1S/C19H22INO2S/c1-3-16-13-18(20)19(15-7-5-4-6-8-15)21(16)24(22,23)17-11-9-14(2)10-12-17/h4-12,16,18-19H,3,13H2,1-2H3/t16-,18+,19-/m0/s1. The Hall–Kier alpha value is -0.920. The van der Waals surface area contributed by atoms with Crippen molar-refractivity contribution in [1.82, 2.24) is 4.31 Å². The number of nitrogens with zero attached hydrogens (tertiary/aromatic N) is 1. The minimum absolute atomic E-state index is 0.0448. The summed E-state index contributed by atoms with van der Waals surface area (Å²) in [5.41, 5.74) is 2.14. The molecule has 0 aromatic heterocycles. The van der Waals surface area contributed by atoms with Gasteiger partial charge in [0.15, 0.2) is 0 Å². The first-order chi connectivity index (χ1) is 11.4. The minimum Gasteiger partial charge on any atom is -0.207 e. The molecule has 1 saturated heterocycles. The molecule has 0 unspecified atom stereocenters. The van der Waals surface area contributed by atoms with Gasteiger partial charge in [0.2, 0.25) is 10.0 Å². The Morgan fingerprint density at radius 3 is 2.29 bits per heavy atom. The summed E-state index contributed by atoms with van der Waals surface area (Å²) in [6, 6.07) is 17.1. The highest BCUT2D eigenvalue weighted by Crippen LogP contribution is 2.45. The molecule has 1 fully saturated rings. The third-order valence-corrected chi connectivity index (χ3v) is 7.82. The first-order valence-corrected chi connectivity index (χ1v) is 10.9. The van der Waals surface area contributed by atoms with E-state index in [1.54, 1.807) is 16.4 Å². The van der Waals surface area contributed by atoms with Crippen molar-refractivity contribution < 1.29 is 8.42 Å². The molecule has 0 amide bonds. The summed E-state index contributed by atoms with van der Waals surface area (Å²) >= 11 is 2.41. The second-order valence-corrected chi connectivity index (χ2v) is 9.76. The molecule has 3 nitrogen and oxygen atoms in total. The average Bonchev–Trinajstić information content (AvgIpc) is 2.93. The van der Waals surface area contributed by atoms with Gasteiger partial charge in [-0.25, -0.2) is 8.42 Å². The SMILES string of the molecule is CC[C@H]1C[C@@H](I)[C@H](c2ccccc2)N1S(=O)(=O)c1ccc(C)cc1. The zero-order chi connectivity index (χ0) is 17.3. The Kier molecular flexibility index (Phi) is 5.32. The van der Waals surface area contributed by atoms with E-state index in [1.165, 1.54) is 0 Å². The molecule has 2 aromatic carbocycles. The summed E-state index contributed by atoms with van der Waals surface area (Å²) in [7, 11) is -3.52. The van der Waals surface area contributed by atoms with Gasteiger partial charge < -0.3 is 0 Å². The molecule has 128 valence electrons. The van der Waals surface area contributed by atoms with Gasteiger partial charge >= 0.3 is 0 Å². The monoisotopic (exact) mass is 455 g/mol. The topological polar surface area (TPSA) is 37.4 Å². The molecule has 2 aromatic rings. The summed E-state index contributed by atoms with van der Waals surface area (Å²) in [5.74, 6) is 0. The maximum absolute atomic E-state index is 13.4. The van der Waals surface area contributed by atoms with Crippen molar-refractivity contribution in [2.75, 3.05) is 0 Å². The summed E-state index contributed by atoms with van der Waals surface area (Å²) in [5, 5.41) is 0. The molecule has 0 bridgehead atoms. The second-order valence-electron chi connectivity index (χ2n) is 6.32. The molecule has 0 saturated carbocycles. The van der Waals surface area contributed by atoms with Crippen LogP contribution in [0.1, 0.15) is 36.9 Å². The van der Waals surface area contributed by atoms with E-state index in [1.807, 2.05) is 49.4 Å². The van der Waals surface area contributed by atoms with Crippen LogP contribution in [0.25, 0.3) is 0 Å². The molecule has 24 heavy (non-hydrogen) atoms. The van der Waals surface area contributed by atoms with E-state index in [-0.39, 0.29) is 16.0 Å². The molecule has 1 aliphatic rings. The normalized spacial score (nSPS) is 25.0. The fourth-order valence-electron chi connectivity index (χ4n) is 3.41. The van der Waals surface area contributed by atoms with Gasteiger partial charge in [0, 0.05) is 9.97 Å². The number of aryl methyl sites for hydroxylation is 1. The van der Waals surface area contributed by atoms with E-state index in [4.69, 9.17) is 0 Å². The molecule has 1 aliphatic heterocycles. The van der Waals surface area contributed by atoms with Gasteiger partial charge in [0.1, 0.15) is 0 Å². The van der Waals surface area contributed by atoms with Crippen LogP contribution in [0.5, 0.6) is 0 Å². The number of hydrogen-bond acceptors (Lipinski definition) is 2. The smallest absolute Gasteiger partial charge is 0.207 e. The van der Waals surface area contributed by atoms with Gasteiger partial charge in [-0.2, -0.15) is 4.31 Å². The third-order valence-electron chi connectivity index (χ3n) is 4.68. The highest BCUT2D eigenvalue weighted by molar-refractivity contribution is 14.1. The molecule has 3 rings (SSSR count). The van der Waals surface area contributed by atoms with Gasteiger partial charge in [-0.15, -0.1) is 0 Å². The number of rotatable bonds is 4. The van der Waals surface area contributed by atoms with Crippen LogP contribution in [-0.4, -0.2) is 22.7 Å². The lowest BCUT2D eigenvalue weighted by Gasteiger charge is -2.30. The first kappa shape index (κ1) is 17.9. The van der Waals surface area contributed by atoms with Crippen LogP contribution in [-0.2, 0) is 10.0 Å². The van der Waals surface area contributed by atoms with Gasteiger partial charge in [-0.3, -0.25) is 0 Å². The summed E-state index contributed by atoms with van der Waals surface area (Å²) in [6.45, 7) is 4.04. The van der Waals surface area contributed by atoms with Crippen LogP contribution in [0.2, 0.25) is 0 Å². The van der Waals surface area contributed by atoms with Crippen LogP contribution in [0.4, 0.5) is 0 Å². The van der Waals surface area contributed by atoms with Gasteiger partial charge in [-0.05, 0) is 37.5 Å². The third kappa shape index (κ3) is 3.26. The Morgan fingerprint density at radius 1 is 1.08 bits per heavy atom. The molecule has 3 atom stereocenters. The lowest BCUT2D eigenvalue weighted by Crippen LogP contribution is -2.37. The van der Waals surface area contributed by atoms with Gasteiger partial charge in [0.05, 0.1) is 10.9 Å². The van der Waals surface area contributed by atoms with E-state index in [2.05, 4.69) is 29.5 Å². The minimum atomic E-state index is -3.52. The predicted molar refractivity (Wildman–Crippen MR) is 106 cm³/mol. The van der Waals surface area contributed by atoms with Crippen LogP contribution >= 0.6 is 22.6 Å². The molecule has 5 heteroatoms. The number of benzene rings is 2. The number of halogens is 1. The van der Waals surface area contributed by atoms with E-state index in [0.717, 1.165) is 24.0 Å². The molecule has 1 heterocycles. The van der Waals surface area contributed by atoms with Crippen LogP contribution in [0.15, 0.2) is 59.5 Å². The number of alkyl halides is 1. The Labute approximate surface area is 158 Å². The summed E-state index contributed by atoms with van der Waals surface area (Å²) in [6.07, 6.45) is 1.72. The molecule has 0 N–H and O–H groups in total. The van der Waals surface area contributed by atoms with Crippen molar-refractivity contribution in [2.24, 2.45) is 0 Å². The lowest BCUT2D eigenvalue weighted by atomic mass is 10.1. The number of sulfonamides is 1. The van der Waals surface area contributed by atoms with Crippen molar-refractivity contribution in [2.45, 2.75) is 47.6 Å². The van der Waals surface area contributed by atoms with Crippen molar-refractivity contribution in [3.8, 4) is 0 Å².